The van der Waals surface area contributed by atoms with Crippen molar-refractivity contribution in [2.75, 3.05) is 0 Å². The molecule has 0 amide bonds. The summed E-state index contributed by atoms with van der Waals surface area (Å²) >= 11 is 13.0. The zero-order valence-corrected chi connectivity index (χ0v) is 13.3. The summed E-state index contributed by atoms with van der Waals surface area (Å²) in [4.78, 5) is 0.744. The van der Waals surface area contributed by atoms with Crippen LogP contribution in [-0.2, 0) is 10.8 Å². The van der Waals surface area contributed by atoms with Gasteiger partial charge in [0.1, 0.15) is 0 Å². The van der Waals surface area contributed by atoms with Gasteiger partial charge in [0.2, 0.25) is 1.47 Å². The van der Waals surface area contributed by atoms with Gasteiger partial charge in [-0.1, -0.05) is 15.9 Å². The Morgan fingerprint density at radius 2 is 1.54 bits per heavy atom. The molecule has 72 valence electrons. The molecule has 1 aromatic carbocycles. The highest BCUT2D eigenvalue weighted by Gasteiger charge is 2.27. The molecule has 0 N–H and O–H groups in total. The van der Waals surface area contributed by atoms with Crippen LogP contribution < -0.4 is 0 Å². The van der Waals surface area contributed by atoms with E-state index in [0.29, 0.717) is 0 Å². The van der Waals surface area contributed by atoms with Crippen molar-refractivity contribution in [1.29, 1.82) is 0 Å². The van der Waals surface area contributed by atoms with E-state index in [1.807, 2.05) is 12.1 Å². The normalized spacial score (nSPS) is 14.2. The molecule has 0 aliphatic carbocycles. The fourth-order valence-corrected chi connectivity index (χ4v) is 3.29. The van der Waals surface area contributed by atoms with Gasteiger partial charge in [-0.05, 0) is 72.1 Å². The van der Waals surface area contributed by atoms with E-state index in [1.54, 1.807) is 12.1 Å². The van der Waals surface area contributed by atoms with Crippen molar-refractivity contribution in [2.45, 2.75) is 6.37 Å². The van der Waals surface area contributed by atoms with Gasteiger partial charge in [0, 0.05) is 9.37 Å². The van der Waals surface area contributed by atoms with Crippen LogP contribution in [0.25, 0.3) is 0 Å². The highest BCUT2D eigenvalue weighted by Crippen LogP contribution is 2.40. The molecule has 0 radical (unpaired) electrons. The maximum atomic E-state index is 11.7. The van der Waals surface area contributed by atoms with Crippen LogP contribution in [0.3, 0.4) is 0 Å². The molecule has 0 aliphatic heterocycles. The van der Waals surface area contributed by atoms with Crippen LogP contribution in [0.4, 0.5) is 0 Å². The first-order valence-electron chi connectivity index (χ1n) is 3.15. The molecule has 13 heavy (non-hydrogen) atoms. The number of benzene rings is 1. The van der Waals surface area contributed by atoms with Crippen LogP contribution in [0.1, 0.15) is 0 Å². The van der Waals surface area contributed by atoms with Gasteiger partial charge in [-0.15, -0.1) is 0 Å². The summed E-state index contributed by atoms with van der Waals surface area (Å²) in [7, 11) is -1.18. The van der Waals surface area contributed by atoms with Gasteiger partial charge in [0.15, 0.2) is 0 Å². The lowest BCUT2D eigenvalue weighted by molar-refractivity contribution is 0.685. The Hall–Kier alpha value is 1.29. The van der Waals surface area contributed by atoms with Crippen LogP contribution in [0, 0.1) is 0 Å². The summed E-state index contributed by atoms with van der Waals surface area (Å²) in [5.74, 6) is 0. The Morgan fingerprint density at radius 3 is 1.92 bits per heavy atom. The molecule has 0 saturated carbocycles. The Bertz CT molecular complexity index is 316. The minimum Gasteiger partial charge on any atom is -0.251 e. The van der Waals surface area contributed by atoms with Gasteiger partial charge in [-0.25, -0.2) is 0 Å². The molecular weight excluding hydrogens is 452 g/mol. The van der Waals surface area contributed by atoms with E-state index in [2.05, 4.69) is 63.7 Å². The van der Waals surface area contributed by atoms with Crippen molar-refractivity contribution in [3.05, 3.63) is 28.7 Å². The van der Waals surface area contributed by atoms with Crippen LogP contribution in [-0.4, -0.2) is 5.68 Å². The van der Waals surface area contributed by atoms with Crippen molar-refractivity contribution in [2.24, 2.45) is 0 Å². The second kappa shape index (κ2) is 4.88. The van der Waals surface area contributed by atoms with E-state index in [1.165, 1.54) is 0 Å². The Balaban J connectivity index is 2.97. The SMILES string of the molecule is O=S(c1ccc(Br)cc1)C(Br)(Br)Br. The Morgan fingerprint density at radius 1 is 1.08 bits per heavy atom. The van der Waals surface area contributed by atoms with Crippen LogP contribution in [0.15, 0.2) is 33.6 Å². The summed E-state index contributed by atoms with van der Waals surface area (Å²) in [5, 5.41) is 0. The molecule has 1 unspecified atom stereocenters. The van der Waals surface area contributed by atoms with Crippen LogP contribution in [0.2, 0.25) is 0 Å². The number of hydrogen-bond donors (Lipinski definition) is 0. The summed E-state index contributed by atoms with van der Waals surface area (Å²) in [6.07, 6.45) is 0. The first-order chi connectivity index (χ1) is 5.91. The van der Waals surface area contributed by atoms with Crippen molar-refractivity contribution >= 4 is 74.5 Å². The van der Waals surface area contributed by atoms with E-state index in [4.69, 9.17) is 0 Å². The van der Waals surface area contributed by atoms with Crippen molar-refractivity contribution < 1.29 is 4.21 Å². The molecule has 0 saturated heterocycles. The average molecular weight is 456 g/mol. The van der Waals surface area contributed by atoms with Gasteiger partial charge in [0.05, 0.1) is 10.8 Å². The zero-order valence-electron chi connectivity index (χ0n) is 6.14. The van der Waals surface area contributed by atoms with Gasteiger partial charge < -0.3 is 0 Å². The lowest BCUT2D eigenvalue weighted by Gasteiger charge is -2.11. The van der Waals surface area contributed by atoms with Crippen LogP contribution >= 0.6 is 63.7 Å². The quantitative estimate of drug-likeness (QED) is 0.575. The number of halogens is 4. The Labute approximate surface area is 113 Å². The number of rotatable bonds is 1. The minimum atomic E-state index is -1.18. The molecule has 0 aliphatic rings. The summed E-state index contributed by atoms with van der Waals surface area (Å²) in [6, 6.07) is 7.31. The van der Waals surface area contributed by atoms with Crippen molar-refractivity contribution in [1.82, 2.24) is 0 Å². The fraction of sp³-hybridized carbons (Fsp3) is 0.143. The van der Waals surface area contributed by atoms with Gasteiger partial charge >= 0.3 is 0 Å². The fourth-order valence-electron chi connectivity index (χ4n) is 0.692. The smallest absolute Gasteiger partial charge is 0.213 e. The Kier molecular flexibility index (Phi) is 4.64. The summed E-state index contributed by atoms with van der Waals surface area (Å²) in [6.45, 7) is 0. The molecule has 0 spiro atoms. The molecule has 1 rings (SSSR count). The molecular formula is C7H4Br4OS. The predicted octanol–water partition coefficient (Wildman–Crippen LogP) is 4.35. The van der Waals surface area contributed by atoms with E-state index in [-0.39, 0.29) is 0 Å². The average Bonchev–Trinajstić information content (AvgIpc) is 2.03. The van der Waals surface area contributed by atoms with E-state index < -0.39 is 12.3 Å². The third-order valence-electron chi connectivity index (χ3n) is 1.24. The molecule has 1 nitrogen and oxygen atoms in total. The van der Waals surface area contributed by atoms with E-state index >= 15 is 0 Å². The second-order valence-corrected chi connectivity index (χ2v) is 13.0. The lowest BCUT2D eigenvalue weighted by Crippen LogP contribution is -2.09. The monoisotopic (exact) mass is 452 g/mol. The highest BCUT2D eigenvalue weighted by molar-refractivity contribution is 9.42. The topological polar surface area (TPSA) is 17.1 Å². The number of alkyl halides is 3. The van der Waals surface area contributed by atoms with Crippen molar-refractivity contribution in [3.63, 3.8) is 0 Å². The third-order valence-corrected chi connectivity index (χ3v) is 5.53. The van der Waals surface area contributed by atoms with Gasteiger partial charge in [0.25, 0.3) is 0 Å². The second-order valence-electron chi connectivity index (χ2n) is 2.17. The molecule has 0 bridgehead atoms. The molecule has 1 aromatic rings. The maximum Gasteiger partial charge on any atom is 0.213 e. The first kappa shape index (κ1) is 12.4. The van der Waals surface area contributed by atoms with Gasteiger partial charge in [-0.3, -0.25) is 4.21 Å². The molecule has 0 fully saturated rings. The minimum absolute atomic E-state index is 0.744. The standard InChI is InChI=1S/C7H4Br4OS/c8-5-1-3-6(4-2-5)13(12)7(9,10)11/h1-4H. The lowest BCUT2D eigenvalue weighted by atomic mass is 10.4. The highest BCUT2D eigenvalue weighted by atomic mass is 80.0. The van der Waals surface area contributed by atoms with Crippen LogP contribution in [0.5, 0.6) is 0 Å². The maximum absolute atomic E-state index is 11.7. The largest absolute Gasteiger partial charge is 0.251 e. The van der Waals surface area contributed by atoms with E-state index in [0.717, 1.165) is 9.37 Å². The molecule has 0 heterocycles. The van der Waals surface area contributed by atoms with Crippen molar-refractivity contribution in [3.8, 4) is 0 Å². The predicted molar refractivity (Wildman–Crippen MR) is 70.1 cm³/mol. The molecule has 1 atom stereocenters. The first-order valence-corrected chi connectivity index (χ1v) is 7.47. The molecule has 6 heteroatoms. The zero-order chi connectivity index (χ0) is 10.1. The third kappa shape index (κ3) is 3.74. The molecule has 0 aromatic heterocycles. The summed E-state index contributed by atoms with van der Waals surface area (Å²) in [5.41, 5.74) is 0. The summed E-state index contributed by atoms with van der Waals surface area (Å²) < 4.78 is 12.0. The van der Waals surface area contributed by atoms with E-state index in [9.17, 15) is 4.21 Å². The number of hydrogen-bond acceptors (Lipinski definition) is 1. The van der Waals surface area contributed by atoms with Gasteiger partial charge in [-0.2, -0.15) is 0 Å².